The minimum absolute atomic E-state index is 0.118. The van der Waals surface area contributed by atoms with Crippen molar-refractivity contribution >= 4 is 32.7 Å². The molecule has 0 bridgehead atoms. The second-order valence-electron chi connectivity index (χ2n) is 4.86. The van der Waals surface area contributed by atoms with Gasteiger partial charge in [-0.2, -0.15) is 0 Å². The summed E-state index contributed by atoms with van der Waals surface area (Å²) in [5.41, 5.74) is 1.01. The summed E-state index contributed by atoms with van der Waals surface area (Å²) in [6.07, 6.45) is 0.715. The number of thiophene rings is 2. The number of nitrogens with one attached hydrogen (secondary N) is 2. The molecule has 1 atom stereocenters. The maximum Gasteiger partial charge on any atom is 0.250 e. The van der Waals surface area contributed by atoms with E-state index in [0.29, 0.717) is 17.2 Å². The number of hydrogen-bond acceptors (Lipinski definition) is 5. The molecule has 0 aliphatic heterocycles. The van der Waals surface area contributed by atoms with E-state index in [1.54, 1.807) is 17.4 Å². The Bertz CT molecular complexity index is 648. The van der Waals surface area contributed by atoms with Crippen LogP contribution >= 0.6 is 22.7 Å². The molecule has 116 valence electrons. The largest absolute Gasteiger partial charge is 0.313 e. The van der Waals surface area contributed by atoms with Crippen LogP contribution in [0.1, 0.15) is 24.3 Å². The molecule has 0 aliphatic rings. The smallest absolute Gasteiger partial charge is 0.250 e. The van der Waals surface area contributed by atoms with Crippen LogP contribution in [0, 0.1) is 0 Å². The van der Waals surface area contributed by atoms with E-state index < -0.39 is 10.0 Å². The standard InChI is InChI=1S/C14H20N2O2S3/c1-3-15-9-12-8-14(20-10-12)21(17,18)16-11(2)7-13-5-4-6-19-13/h4-6,8,10-11,15-16H,3,7,9H2,1-2H3. The van der Waals surface area contributed by atoms with Gasteiger partial charge in [-0.05, 0) is 48.3 Å². The summed E-state index contributed by atoms with van der Waals surface area (Å²) in [6, 6.07) is 5.63. The van der Waals surface area contributed by atoms with Gasteiger partial charge in [0.05, 0.1) is 0 Å². The van der Waals surface area contributed by atoms with E-state index in [4.69, 9.17) is 0 Å². The summed E-state index contributed by atoms with van der Waals surface area (Å²) in [6.45, 7) is 5.49. The first-order valence-corrected chi connectivity index (χ1v) is 10.1. The second-order valence-corrected chi connectivity index (χ2v) is 8.74. The predicted molar refractivity (Wildman–Crippen MR) is 89.5 cm³/mol. The van der Waals surface area contributed by atoms with Crippen molar-refractivity contribution in [2.75, 3.05) is 6.54 Å². The zero-order valence-corrected chi connectivity index (χ0v) is 14.6. The van der Waals surface area contributed by atoms with Crippen LogP contribution < -0.4 is 10.0 Å². The van der Waals surface area contributed by atoms with E-state index in [1.807, 2.05) is 36.7 Å². The zero-order chi connectivity index (χ0) is 15.3. The van der Waals surface area contributed by atoms with Crippen LogP contribution in [0.4, 0.5) is 0 Å². The molecule has 2 aromatic rings. The molecule has 0 aromatic carbocycles. The van der Waals surface area contributed by atoms with Crippen LogP contribution in [-0.4, -0.2) is 21.0 Å². The Morgan fingerprint density at radius 2 is 2.14 bits per heavy atom. The SMILES string of the molecule is CCNCc1csc(S(=O)(=O)NC(C)Cc2cccs2)c1. The van der Waals surface area contributed by atoms with Gasteiger partial charge in [0.2, 0.25) is 10.0 Å². The molecule has 0 amide bonds. The van der Waals surface area contributed by atoms with Crippen molar-refractivity contribution < 1.29 is 8.42 Å². The van der Waals surface area contributed by atoms with Gasteiger partial charge in [0.25, 0.3) is 0 Å². The molecule has 0 saturated carbocycles. The Balaban J connectivity index is 1.98. The molecule has 0 saturated heterocycles. The Hall–Kier alpha value is -0.730. The van der Waals surface area contributed by atoms with Gasteiger partial charge in [-0.1, -0.05) is 13.0 Å². The molecule has 0 spiro atoms. The van der Waals surface area contributed by atoms with E-state index in [2.05, 4.69) is 10.0 Å². The molecule has 2 N–H and O–H groups in total. The van der Waals surface area contributed by atoms with E-state index in [9.17, 15) is 8.42 Å². The maximum absolute atomic E-state index is 12.3. The van der Waals surface area contributed by atoms with Gasteiger partial charge in [-0.15, -0.1) is 22.7 Å². The molecule has 7 heteroatoms. The molecule has 4 nitrogen and oxygen atoms in total. The summed E-state index contributed by atoms with van der Waals surface area (Å²) in [7, 11) is -3.42. The molecule has 0 radical (unpaired) electrons. The number of hydrogen-bond donors (Lipinski definition) is 2. The highest BCUT2D eigenvalue weighted by Crippen LogP contribution is 2.21. The lowest BCUT2D eigenvalue weighted by molar-refractivity contribution is 0.562. The molecule has 2 heterocycles. The number of sulfonamides is 1. The zero-order valence-electron chi connectivity index (χ0n) is 12.1. The Morgan fingerprint density at radius 1 is 1.33 bits per heavy atom. The summed E-state index contributed by atoms with van der Waals surface area (Å²) in [5, 5.41) is 7.09. The fourth-order valence-corrected chi connectivity index (χ4v) is 5.26. The van der Waals surface area contributed by atoms with Gasteiger partial charge < -0.3 is 5.32 Å². The van der Waals surface area contributed by atoms with Crippen LogP contribution in [-0.2, 0) is 23.0 Å². The van der Waals surface area contributed by atoms with E-state index in [0.717, 1.165) is 12.1 Å². The third-order valence-corrected chi connectivity index (χ3v) is 6.89. The van der Waals surface area contributed by atoms with Crippen LogP contribution in [0.3, 0.4) is 0 Å². The summed E-state index contributed by atoms with van der Waals surface area (Å²) in [5.74, 6) is 0. The molecule has 21 heavy (non-hydrogen) atoms. The lowest BCUT2D eigenvalue weighted by atomic mass is 10.2. The summed E-state index contributed by atoms with van der Waals surface area (Å²) in [4.78, 5) is 1.18. The monoisotopic (exact) mass is 344 g/mol. The van der Waals surface area contributed by atoms with E-state index >= 15 is 0 Å². The van der Waals surface area contributed by atoms with Crippen molar-refractivity contribution in [2.45, 2.75) is 37.1 Å². The first kappa shape index (κ1) is 16.6. The van der Waals surface area contributed by atoms with Crippen molar-refractivity contribution in [2.24, 2.45) is 0 Å². The molecule has 1 unspecified atom stereocenters. The van der Waals surface area contributed by atoms with E-state index in [1.165, 1.54) is 16.2 Å². The molecular weight excluding hydrogens is 324 g/mol. The van der Waals surface area contributed by atoms with Crippen molar-refractivity contribution in [3.05, 3.63) is 39.4 Å². The Labute approximate surface area is 134 Å². The van der Waals surface area contributed by atoms with Gasteiger partial charge in [-0.3, -0.25) is 0 Å². The van der Waals surface area contributed by atoms with Crippen molar-refractivity contribution in [1.29, 1.82) is 0 Å². The van der Waals surface area contributed by atoms with Crippen LogP contribution in [0.2, 0.25) is 0 Å². The summed E-state index contributed by atoms with van der Waals surface area (Å²) >= 11 is 2.91. The predicted octanol–water partition coefficient (Wildman–Crippen LogP) is 2.83. The minimum atomic E-state index is -3.42. The average Bonchev–Trinajstić information content (AvgIpc) is 3.06. The number of rotatable bonds is 8. The maximum atomic E-state index is 12.3. The van der Waals surface area contributed by atoms with Gasteiger partial charge in [0.1, 0.15) is 4.21 Å². The fourth-order valence-electron chi connectivity index (χ4n) is 1.95. The second kappa shape index (κ2) is 7.51. The van der Waals surface area contributed by atoms with Gasteiger partial charge in [0.15, 0.2) is 0 Å². The third kappa shape index (κ3) is 4.89. The van der Waals surface area contributed by atoms with Crippen LogP contribution in [0.25, 0.3) is 0 Å². The van der Waals surface area contributed by atoms with Crippen molar-refractivity contribution in [3.8, 4) is 0 Å². The lowest BCUT2D eigenvalue weighted by Crippen LogP contribution is -2.33. The van der Waals surface area contributed by atoms with Crippen molar-refractivity contribution in [3.63, 3.8) is 0 Å². The summed E-state index contributed by atoms with van der Waals surface area (Å²) < 4.78 is 27.8. The van der Waals surface area contributed by atoms with Crippen LogP contribution in [0.5, 0.6) is 0 Å². The highest BCUT2D eigenvalue weighted by Gasteiger charge is 2.19. The minimum Gasteiger partial charge on any atom is -0.313 e. The fraction of sp³-hybridized carbons (Fsp3) is 0.429. The topological polar surface area (TPSA) is 58.2 Å². The molecular formula is C14H20N2O2S3. The first-order chi connectivity index (χ1) is 10.0. The highest BCUT2D eigenvalue weighted by molar-refractivity contribution is 7.91. The van der Waals surface area contributed by atoms with Gasteiger partial charge >= 0.3 is 0 Å². The highest BCUT2D eigenvalue weighted by atomic mass is 32.2. The quantitative estimate of drug-likeness (QED) is 0.774. The van der Waals surface area contributed by atoms with Gasteiger partial charge in [0, 0.05) is 17.5 Å². The normalized spacial score (nSPS) is 13.4. The molecule has 0 fully saturated rings. The van der Waals surface area contributed by atoms with E-state index in [-0.39, 0.29) is 6.04 Å². The van der Waals surface area contributed by atoms with Crippen LogP contribution in [0.15, 0.2) is 33.2 Å². The first-order valence-electron chi connectivity index (χ1n) is 6.84. The lowest BCUT2D eigenvalue weighted by Gasteiger charge is -2.12. The molecule has 2 rings (SSSR count). The Morgan fingerprint density at radius 3 is 2.81 bits per heavy atom. The van der Waals surface area contributed by atoms with Crippen molar-refractivity contribution in [1.82, 2.24) is 10.0 Å². The average molecular weight is 345 g/mol. The molecule has 0 aliphatic carbocycles. The third-order valence-electron chi connectivity index (χ3n) is 2.92. The Kier molecular flexibility index (Phi) is 5.95. The van der Waals surface area contributed by atoms with Gasteiger partial charge in [-0.25, -0.2) is 13.1 Å². The molecule has 2 aromatic heterocycles.